The molecule has 19 heavy (non-hydrogen) atoms. The number of carbonyl (C=O) groups excluding carboxylic acids is 1. The van der Waals surface area contributed by atoms with Crippen molar-refractivity contribution in [3.8, 4) is 0 Å². The van der Waals surface area contributed by atoms with Crippen LogP contribution in [0.5, 0.6) is 0 Å². The van der Waals surface area contributed by atoms with Gasteiger partial charge in [-0.05, 0) is 18.4 Å². The van der Waals surface area contributed by atoms with E-state index in [9.17, 15) is 4.79 Å². The smallest absolute Gasteiger partial charge is 0.225 e. The molecule has 1 aromatic carbocycles. The lowest BCUT2D eigenvalue weighted by molar-refractivity contribution is -0.136. The van der Waals surface area contributed by atoms with Crippen molar-refractivity contribution in [2.24, 2.45) is 5.92 Å². The first-order chi connectivity index (χ1) is 9.13. The molecule has 1 fully saturated rings. The summed E-state index contributed by atoms with van der Waals surface area (Å²) >= 11 is 0. The van der Waals surface area contributed by atoms with Gasteiger partial charge >= 0.3 is 0 Å². The van der Waals surface area contributed by atoms with Crippen LogP contribution in [0.2, 0.25) is 0 Å². The summed E-state index contributed by atoms with van der Waals surface area (Å²) in [6.45, 7) is 4.73. The maximum atomic E-state index is 12.3. The van der Waals surface area contributed by atoms with Crippen LogP contribution in [0.15, 0.2) is 30.3 Å². The third kappa shape index (κ3) is 3.16. The van der Waals surface area contributed by atoms with Gasteiger partial charge < -0.3 is 9.64 Å². The topological polar surface area (TPSA) is 29.5 Å². The molecule has 3 nitrogen and oxygen atoms in total. The molecular weight excluding hydrogens is 238 g/mol. The molecule has 1 heterocycles. The highest BCUT2D eigenvalue weighted by molar-refractivity contribution is 5.78. The standard InChI is InChI=1S/C16H23NO2/c1-12(2)16(18)17-10-9-15(19-3)14(17)11-13-7-5-4-6-8-13/h4-8,12,14-15H,9-11H2,1-3H3/t14-,15+/m0/s1. The van der Waals surface area contributed by atoms with E-state index in [0.29, 0.717) is 0 Å². The number of carbonyl (C=O) groups is 1. The van der Waals surface area contributed by atoms with Gasteiger partial charge in [-0.2, -0.15) is 0 Å². The van der Waals surface area contributed by atoms with Crippen LogP contribution in [0.4, 0.5) is 0 Å². The molecular formula is C16H23NO2. The van der Waals surface area contributed by atoms with E-state index < -0.39 is 0 Å². The summed E-state index contributed by atoms with van der Waals surface area (Å²) < 4.78 is 5.56. The fraction of sp³-hybridized carbons (Fsp3) is 0.562. The minimum atomic E-state index is 0.0499. The molecule has 2 atom stereocenters. The average Bonchev–Trinajstić information content (AvgIpc) is 2.81. The lowest BCUT2D eigenvalue weighted by atomic mass is 10.0. The van der Waals surface area contributed by atoms with Crippen molar-refractivity contribution in [1.29, 1.82) is 0 Å². The number of methoxy groups -OCH3 is 1. The Morgan fingerprint density at radius 1 is 1.37 bits per heavy atom. The average molecular weight is 261 g/mol. The number of amides is 1. The number of nitrogens with zero attached hydrogens (tertiary/aromatic N) is 1. The zero-order chi connectivity index (χ0) is 13.8. The molecule has 2 rings (SSSR count). The highest BCUT2D eigenvalue weighted by Gasteiger charge is 2.37. The molecule has 0 aromatic heterocycles. The van der Waals surface area contributed by atoms with Crippen LogP contribution in [0.25, 0.3) is 0 Å². The molecule has 0 aliphatic carbocycles. The van der Waals surface area contributed by atoms with Crippen LogP contribution in [0.1, 0.15) is 25.8 Å². The summed E-state index contributed by atoms with van der Waals surface area (Å²) in [6.07, 6.45) is 1.97. The Morgan fingerprint density at radius 2 is 2.05 bits per heavy atom. The molecule has 0 unspecified atom stereocenters. The maximum absolute atomic E-state index is 12.3. The number of ether oxygens (including phenoxy) is 1. The van der Waals surface area contributed by atoms with Gasteiger partial charge in [0.25, 0.3) is 0 Å². The maximum Gasteiger partial charge on any atom is 0.225 e. The molecule has 1 aromatic rings. The molecule has 104 valence electrons. The monoisotopic (exact) mass is 261 g/mol. The normalized spacial score (nSPS) is 23.1. The molecule has 0 saturated carbocycles. The molecule has 0 radical (unpaired) electrons. The van der Waals surface area contributed by atoms with Gasteiger partial charge in [0, 0.05) is 19.6 Å². The number of hydrogen-bond donors (Lipinski definition) is 0. The van der Waals surface area contributed by atoms with Crippen LogP contribution in [0, 0.1) is 5.92 Å². The van der Waals surface area contributed by atoms with E-state index in [4.69, 9.17) is 4.74 Å². The summed E-state index contributed by atoms with van der Waals surface area (Å²) in [5.74, 6) is 0.286. The second kappa shape index (κ2) is 6.20. The summed E-state index contributed by atoms with van der Waals surface area (Å²) in [4.78, 5) is 14.3. The largest absolute Gasteiger partial charge is 0.379 e. The predicted octanol–water partition coefficient (Wildman–Crippen LogP) is 2.50. The van der Waals surface area contributed by atoms with Gasteiger partial charge in [0.2, 0.25) is 5.91 Å². The highest BCUT2D eigenvalue weighted by atomic mass is 16.5. The first kappa shape index (κ1) is 14.1. The van der Waals surface area contributed by atoms with Crippen molar-refractivity contribution in [2.75, 3.05) is 13.7 Å². The van der Waals surface area contributed by atoms with Gasteiger partial charge in [-0.15, -0.1) is 0 Å². The van der Waals surface area contributed by atoms with Crippen molar-refractivity contribution >= 4 is 5.91 Å². The second-order valence-corrected chi connectivity index (χ2v) is 5.51. The van der Waals surface area contributed by atoms with Crippen LogP contribution in [-0.4, -0.2) is 36.6 Å². The van der Waals surface area contributed by atoms with E-state index in [-0.39, 0.29) is 24.0 Å². The van der Waals surface area contributed by atoms with E-state index in [1.54, 1.807) is 7.11 Å². The molecule has 1 aliphatic heterocycles. The van der Waals surface area contributed by atoms with Gasteiger partial charge in [-0.3, -0.25) is 4.79 Å². The van der Waals surface area contributed by atoms with Gasteiger partial charge in [0.05, 0.1) is 12.1 Å². The molecule has 0 N–H and O–H groups in total. The first-order valence-corrected chi connectivity index (χ1v) is 7.00. The molecule has 1 saturated heterocycles. The Kier molecular flexibility index (Phi) is 4.59. The molecule has 0 bridgehead atoms. The fourth-order valence-corrected chi connectivity index (χ4v) is 2.80. The number of hydrogen-bond acceptors (Lipinski definition) is 2. The van der Waals surface area contributed by atoms with E-state index in [1.807, 2.05) is 36.9 Å². The third-order valence-corrected chi connectivity index (χ3v) is 3.85. The Hall–Kier alpha value is -1.35. The lowest BCUT2D eigenvalue weighted by Crippen LogP contribution is -2.43. The molecule has 0 spiro atoms. The fourth-order valence-electron chi connectivity index (χ4n) is 2.80. The van der Waals surface area contributed by atoms with E-state index in [1.165, 1.54) is 5.56 Å². The van der Waals surface area contributed by atoms with Crippen LogP contribution >= 0.6 is 0 Å². The summed E-state index contributed by atoms with van der Waals surface area (Å²) in [5, 5.41) is 0. The minimum Gasteiger partial charge on any atom is -0.379 e. The summed E-state index contributed by atoms with van der Waals surface area (Å²) in [7, 11) is 1.74. The number of benzene rings is 1. The van der Waals surface area contributed by atoms with Gasteiger partial charge in [-0.1, -0.05) is 44.2 Å². The van der Waals surface area contributed by atoms with Crippen molar-refractivity contribution < 1.29 is 9.53 Å². The molecule has 3 heteroatoms. The van der Waals surface area contributed by atoms with Crippen molar-refractivity contribution in [1.82, 2.24) is 4.90 Å². The minimum absolute atomic E-state index is 0.0499. The Balaban J connectivity index is 2.14. The number of likely N-dealkylation sites (tertiary alicyclic amines) is 1. The molecule has 1 aliphatic rings. The lowest BCUT2D eigenvalue weighted by Gasteiger charge is -2.29. The predicted molar refractivity (Wildman–Crippen MR) is 75.9 cm³/mol. The van der Waals surface area contributed by atoms with Crippen molar-refractivity contribution in [2.45, 2.75) is 38.8 Å². The van der Waals surface area contributed by atoms with Crippen LogP contribution in [0.3, 0.4) is 0 Å². The first-order valence-electron chi connectivity index (χ1n) is 7.00. The second-order valence-electron chi connectivity index (χ2n) is 5.51. The van der Waals surface area contributed by atoms with Crippen molar-refractivity contribution in [3.63, 3.8) is 0 Å². The van der Waals surface area contributed by atoms with E-state index in [2.05, 4.69) is 12.1 Å². The quantitative estimate of drug-likeness (QED) is 0.833. The Labute approximate surface area is 115 Å². The summed E-state index contributed by atoms with van der Waals surface area (Å²) in [5.41, 5.74) is 1.26. The molecule has 1 amide bonds. The SMILES string of the molecule is CO[C@@H]1CCN(C(=O)C(C)C)[C@H]1Cc1ccccc1. The Morgan fingerprint density at radius 3 is 2.63 bits per heavy atom. The van der Waals surface area contributed by atoms with E-state index >= 15 is 0 Å². The number of rotatable bonds is 4. The summed E-state index contributed by atoms with van der Waals surface area (Å²) in [6, 6.07) is 10.5. The van der Waals surface area contributed by atoms with Gasteiger partial charge in [-0.25, -0.2) is 0 Å². The zero-order valence-electron chi connectivity index (χ0n) is 12.0. The van der Waals surface area contributed by atoms with Gasteiger partial charge in [0.15, 0.2) is 0 Å². The Bertz CT molecular complexity index is 416. The van der Waals surface area contributed by atoms with E-state index in [0.717, 1.165) is 19.4 Å². The highest BCUT2D eigenvalue weighted by Crippen LogP contribution is 2.25. The van der Waals surface area contributed by atoms with Crippen LogP contribution < -0.4 is 0 Å². The van der Waals surface area contributed by atoms with Crippen molar-refractivity contribution in [3.05, 3.63) is 35.9 Å². The van der Waals surface area contributed by atoms with Gasteiger partial charge in [0.1, 0.15) is 0 Å². The zero-order valence-corrected chi connectivity index (χ0v) is 12.0. The third-order valence-electron chi connectivity index (χ3n) is 3.85. The van der Waals surface area contributed by atoms with Crippen LogP contribution in [-0.2, 0) is 16.0 Å².